The zero-order valence-corrected chi connectivity index (χ0v) is 17.1. The Morgan fingerprint density at radius 2 is 1.81 bits per heavy atom. The Bertz CT molecular complexity index is 771. The Labute approximate surface area is 164 Å². The molecule has 0 spiro atoms. The number of hydrogen-bond donors (Lipinski definition) is 0. The van der Waals surface area contributed by atoms with E-state index in [9.17, 15) is 9.59 Å². The van der Waals surface area contributed by atoms with Gasteiger partial charge in [0.1, 0.15) is 11.5 Å². The molecule has 7 heteroatoms. The number of benzene rings is 1. The molecule has 0 aliphatic carbocycles. The van der Waals surface area contributed by atoms with Crippen LogP contribution in [-0.4, -0.2) is 49.4 Å². The van der Waals surface area contributed by atoms with E-state index >= 15 is 0 Å². The van der Waals surface area contributed by atoms with Crippen molar-refractivity contribution < 1.29 is 19.1 Å². The van der Waals surface area contributed by atoms with Crippen LogP contribution in [0.2, 0.25) is 0 Å². The van der Waals surface area contributed by atoms with Crippen LogP contribution in [0.4, 0.5) is 10.5 Å². The number of amides is 2. The summed E-state index contributed by atoms with van der Waals surface area (Å²) in [7, 11) is 3.25. The first-order valence-corrected chi connectivity index (χ1v) is 10.1. The van der Waals surface area contributed by atoms with Crippen LogP contribution in [0.15, 0.2) is 17.0 Å². The number of carbonyl (C=O) groups excluding carboxylic acids is 2. The molecule has 0 N–H and O–H groups in total. The fourth-order valence-electron chi connectivity index (χ4n) is 3.41. The number of hydrogen-bond acceptors (Lipinski definition) is 6. The highest BCUT2D eigenvalue weighted by Crippen LogP contribution is 2.40. The van der Waals surface area contributed by atoms with E-state index in [-0.39, 0.29) is 17.2 Å². The topological polar surface area (TPSA) is 59.1 Å². The highest BCUT2D eigenvalue weighted by molar-refractivity contribution is 8.18. The number of rotatable bonds is 6. The molecule has 27 heavy (non-hydrogen) atoms. The van der Waals surface area contributed by atoms with Gasteiger partial charge in [0.25, 0.3) is 11.1 Å². The summed E-state index contributed by atoms with van der Waals surface area (Å²) < 4.78 is 11.2. The fraction of sp³-hybridized carbons (Fsp3) is 0.500. The maximum Gasteiger partial charge on any atom is 0.293 e. The van der Waals surface area contributed by atoms with Gasteiger partial charge in [-0.3, -0.25) is 14.5 Å². The quantitative estimate of drug-likeness (QED) is 0.681. The minimum atomic E-state index is -0.246. The van der Waals surface area contributed by atoms with E-state index in [1.165, 1.54) is 4.90 Å². The fourth-order valence-corrected chi connectivity index (χ4v) is 4.33. The summed E-state index contributed by atoms with van der Waals surface area (Å²) >= 11 is 0.974. The smallest absolute Gasteiger partial charge is 0.293 e. The van der Waals surface area contributed by atoms with Crippen LogP contribution in [0.5, 0.6) is 11.5 Å². The third-order valence-electron chi connectivity index (χ3n) is 5.12. The van der Waals surface area contributed by atoms with Gasteiger partial charge >= 0.3 is 0 Å². The first-order valence-electron chi connectivity index (χ1n) is 9.28. The highest BCUT2D eigenvalue weighted by atomic mass is 32.2. The average Bonchev–Trinajstić information content (AvgIpc) is 3.29. The van der Waals surface area contributed by atoms with Gasteiger partial charge in [0.15, 0.2) is 0 Å². The summed E-state index contributed by atoms with van der Waals surface area (Å²) in [6, 6.07) is 3.72. The van der Waals surface area contributed by atoms with E-state index in [1.807, 2.05) is 26.0 Å². The second-order valence-electron chi connectivity index (χ2n) is 6.77. The lowest BCUT2D eigenvalue weighted by atomic mass is 10.1. The van der Waals surface area contributed by atoms with E-state index in [0.717, 1.165) is 61.1 Å². The summed E-state index contributed by atoms with van der Waals surface area (Å²) in [5, 5.41) is -0.222. The number of imide groups is 1. The molecule has 6 nitrogen and oxygen atoms in total. The summed E-state index contributed by atoms with van der Waals surface area (Å²) in [6.45, 7) is 5.83. The van der Waals surface area contributed by atoms with Crippen molar-refractivity contribution in [2.75, 3.05) is 32.2 Å². The molecule has 0 aromatic heterocycles. The van der Waals surface area contributed by atoms with Gasteiger partial charge in [-0.2, -0.15) is 0 Å². The predicted molar refractivity (Wildman–Crippen MR) is 109 cm³/mol. The summed E-state index contributed by atoms with van der Waals surface area (Å²) in [4.78, 5) is 29.0. The van der Waals surface area contributed by atoms with Gasteiger partial charge in [-0.1, -0.05) is 6.92 Å². The average molecular weight is 391 g/mol. The Hall–Kier alpha value is -2.15. The summed E-state index contributed by atoms with van der Waals surface area (Å²) in [5.41, 5.74) is 1.73. The largest absolute Gasteiger partial charge is 0.496 e. The van der Waals surface area contributed by atoms with Crippen molar-refractivity contribution >= 4 is 34.7 Å². The van der Waals surface area contributed by atoms with Crippen LogP contribution < -0.4 is 14.4 Å². The Morgan fingerprint density at radius 3 is 2.41 bits per heavy atom. The van der Waals surface area contributed by atoms with Crippen molar-refractivity contribution in [3.63, 3.8) is 0 Å². The number of carbonyl (C=O) groups is 2. The zero-order chi connectivity index (χ0) is 19.6. The number of anilines is 1. The Morgan fingerprint density at radius 1 is 1.15 bits per heavy atom. The van der Waals surface area contributed by atoms with Gasteiger partial charge in [0.05, 0.1) is 24.8 Å². The first kappa shape index (κ1) is 19.6. The van der Waals surface area contributed by atoms with Crippen LogP contribution in [0, 0.1) is 0 Å². The van der Waals surface area contributed by atoms with Crippen molar-refractivity contribution in [2.24, 2.45) is 0 Å². The SMILES string of the molecule is CC[C@@H](C)N1C(=O)S/C(=C/c2cc(OC)c(N3CCCC3)cc2OC)C1=O. The van der Waals surface area contributed by atoms with E-state index < -0.39 is 0 Å². The normalized spacial score (nSPS) is 19.9. The molecule has 1 aromatic rings. The van der Waals surface area contributed by atoms with Gasteiger partial charge in [-0.05, 0) is 50.1 Å². The number of ether oxygens (including phenoxy) is 2. The molecule has 3 rings (SSSR count). The van der Waals surface area contributed by atoms with Gasteiger partial charge in [-0.25, -0.2) is 0 Å². The maximum atomic E-state index is 12.7. The van der Waals surface area contributed by atoms with E-state index in [4.69, 9.17) is 9.47 Å². The van der Waals surface area contributed by atoms with Gasteiger partial charge in [-0.15, -0.1) is 0 Å². The van der Waals surface area contributed by atoms with Crippen molar-refractivity contribution in [1.29, 1.82) is 0 Å². The predicted octanol–water partition coefficient (Wildman–Crippen LogP) is 4.14. The van der Waals surface area contributed by atoms with Crippen molar-refractivity contribution in [3.8, 4) is 11.5 Å². The minimum Gasteiger partial charge on any atom is -0.496 e. The van der Waals surface area contributed by atoms with Crippen molar-refractivity contribution in [3.05, 3.63) is 22.6 Å². The number of methoxy groups -OCH3 is 2. The highest BCUT2D eigenvalue weighted by Gasteiger charge is 2.37. The van der Waals surface area contributed by atoms with Crippen LogP contribution >= 0.6 is 11.8 Å². The van der Waals surface area contributed by atoms with E-state index in [0.29, 0.717) is 10.7 Å². The number of nitrogens with zero attached hydrogens (tertiary/aromatic N) is 2. The second-order valence-corrected chi connectivity index (χ2v) is 7.76. The van der Waals surface area contributed by atoms with Crippen LogP contribution in [0.25, 0.3) is 6.08 Å². The molecule has 0 bridgehead atoms. The molecule has 2 fully saturated rings. The van der Waals surface area contributed by atoms with Crippen molar-refractivity contribution in [2.45, 2.75) is 39.2 Å². The third kappa shape index (κ3) is 3.78. The minimum absolute atomic E-state index is 0.114. The molecule has 146 valence electrons. The monoisotopic (exact) mass is 390 g/mol. The standard InChI is InChI=1S/C20H26N2O4S/c1-5-13(2)22-19(23)18(27-20(22)24)11-14-10-17(26-4)15(12-16(14)25-3)21-8-6-7-9-21/h10-13H,5-9H2,1-4H3/b18-11+/t13-/m1/s1. The molecular formula is C20H26N2O4S. The molecular weight excluding hydrogens is 364 g/mol. The first-order chi connectivity index (χ1) is 13.0. The molecule has 1 atom stereocenters. The van der Waals surface area contributed by atoms with E-state index in [2.05, 4.69) is 4.90 Å². The molecule has 2 heterocycles. The summed E-state index contributed by atoms with van der Waals surface area (Å²) in [6.07, 6.45) is 4.78. The van der Waals surface area contributed by atoms with Gasteiger partial charge in [0.2, 0.25) is 0 Å². The lowest BCUT2D eigenvalue weighted by Crippen LogP contribution is -2.36. The molecule has 0 saturated carbocycles. The third-order valence-corrected chi connectivity index (χ3v) is 6.00. The van der Waals surface area contributed by atoms with Gasteiger partial charge in [0, 0.05) is 30.8 Å². The molecule has 2 saturated heterocycles. The van der Waals surface area contributed by atoms with Gasteiger partial charge < -0.3 is 14.4 Å². The van der Waals surface area contributed by atoms with Crippen LogP contribution in [0.1, 0.15) is 38.7 Å². The molecule has 2 amide bonds. The number of thioether (sulfide) groups is 1. The van der Waals surface area contributed by atoms with E-state index in [1.54, 1.807) is 20.3 Å². The Kier molecular flexibility index (Phi) is 5.99. The lowest BCUT2D eigenvalue weighted by molar-refractivity contribution is -0.124. The zero-order valence-electron chi connectivity index (χ0n) is 16.3. The molecule has 2 aliphatic heterocycles. The van der Waals surface area contributed by atoms with Crippen LogP contribution in [0.3, 0.4) is 0 Å². The molecule has 0 unspecified atom stereocenters. The molecule has 0 radical (unpaired) electrons. The van der Waals surface area contributed by atoms with Crippen LogP contribution in [-0.2, 0) is 4.79 Å². The Balaban J connectivity index is 1.98. The molecule has 2 aliphatic rings. The lowest BCUT2D eigenvalue weighted by Gasteiger charge is -2.22. The summed E-state index contributed by atoms with van der Waals surface area (Å²) in [5.74, 6) is 1.15. The second kappa shape index (κ2) is 8.25. The maximum absolute atomic E-state index is 12.7. The molecule has 1 aromatic carbocycles. The van der Waals surface area contributed by atoms with Crippen molar-refractivity contribution in [1.82, 2.24) is 4.90 Å².